The highest BCUT2D eigenvalue weighted by Crippen LogP contribution is 2.27. The lowest BCUT2D eigenvalue weighted by molar-refractivity contribution is -0.199. The highest BCUT2D eigenvalue weighted by atomic mass is 31.0. The van der Waals surface area contributed by atoms with Crippen molar-refractivity contribution >= 4 is 38.7 Å². The smallest absolute Gasteiger partial charge is 0.303 e. The van der Waals surface area contributed by atoms with Gasteiger partial charge in [-0.1, -0.05) is 30.2 Å². The van der Waals surface area contributed by atoms with Gasteiger partial charge in [0.2, 0.25) is 18.2 Å². The number of benzene rings is 1. The van der Waals surface area contributed by atoms with Crippen molar-refractivity contribution in [1.29, 1.82) is 0 Å². The summed E-state index contributed by atoms with van der Waals surface area (Å²) < 4.78 is 0. The Bertz CT molecular complexity index is 900. The molecule has 9 nitrogen and oxygen atoms in total. The van der Waals surface area contributed by atoms with Crippen LogP contribution in [-0.2, 0) is 25.6 Å². The standard InChI is InChI=1S/C21H25N4O5P/c1-2-10-23-13-19(27)25-17(7-8-20(28)29)21(30)22(12-18(25)24(23)14-26)11-9-15-3-5-16(31)6-4-15/h1,3-6,14,17-18H,7-13,31H2,(H,28,29)/t17?,18-/m1/s1. The van der Waals surface area contributed by atoms with Crippen LogP contribution >= 0.6 is 9.24 Å². The lowest BCUT2D eigenvalue weighted by Gasteiger charge is -2.54. The Morgan fingerprint density at radius 3 is 2.61 bits per heavy atom. The van der Waals surface area contributed by atoms with Crippen molar-refractivity contribution in [2.24, 2.45) is 0 Å². The number of hydrazine groups is 1. The number of carbonyl (C=O) groups excluding carboxylic acids is 3. The van der Waals surface area contributed by atoms with Crippen molar-refractivity contribution in [1.82, 2.24) is 19.8 Å². The lowest BCUT2D eigenvalue weighted by Crippen LogP contribution is -2.74. The van der Waals surface area contributed by atoms with Gasteiger partial charge in [0.1, 0.15) is 12.2 Å². The van der Waals surface area contributed by atoms with E-state index in [4.69, 9.17) is 11.5 Å². The highest BCUT2D eigenvalue weighted by Gasteiger charge is 2.49. The van der Waals surface area contributed by atoms with Gasteiger partial charge >= 0.3 is 5.97 Å². The third-order valence-electron chi connectivity index (χ3n) is 5.54. The molecule has 0 bridgehead atoms. The number of hydrogen-bond acceptors (Lipinski definition) is 5. The lowest BCUT2D eigenvalue weighted by atomic mass is 10.0. The van der Waals surface area contributed by atoms with E-state index >= 15 is 0 Å². The van der Waals surface area contributed by atoms with Crippen LogP contribution in [0.5, 0.6) is 0 Å². The average molecular weight is 444 g/mol. The van der Waals surface area contributed by atoms with Gasteiger partial charge in [-0.2, -0.15) is 5.01 Å². The molecule has 3 rings (SSSR count). The van der Waals surface area contributed by atoms with Crippen LogP contribution in [0.1, 0.15) is 18.4 Å². The van der Waals surface area contributed by atoms with Gasteiger partial charge in [0, 0.05) is 13.0 Å². The fourth-order valence-electron chi connectivity index (χ4n) is 4.02. The summed E-state index contributed by atoms with van der Waals surface area (Å²) in [7, 11) is 2.61. The van der Waals surface area contributed by atoms with Crippen LogP contribution in [0.3, 0.4) is 0 Å². The van der Waals surface area contributed by atoms with Gasteiger partial charge in [0.15, 0.2) is 0 Å². The van der Waals surface area contributed by atoms with Crippen LogP contribution in [0, 0.1) is 12.3 Å². The van der Waals surface area contributed by atoms with Crippen LogP contribution in [0.25, 0.3) is 0 Å². The summed E-state index contributed by atoms with van der Waals surface area (Å²) in [5, 5.41) is 13.0. The molecular formula is C21H25N4O5P. The molecule has 2 unspecified atom stereocenters. The number of aliphatic carboxylic acids is 1. The monoisotopic (exact) mass is 444 g/mol. The predicted molar refractivity (Wildman–Crippen MR) is 116 cm³/mol. The van der Waals surface area contributed by atoms with E-state index in [1.165, 1.54) is 14.9 Å². The second-order valence-corrected chi connectivity index (χ2v) is 8.18. The zero-order valence-corrected chi connectivity index (χ0v) is 18.2. The first kappa shape index (κ1) is 22.7. The van der Waals surface area contributed by atoms with Crippen molar-refractivity contribution in [2.45, 2.75) is 31.5 Å². The molecule has 2 aliphatic heterocycles. The number of carbonyl (C=O) groups is 4. The summed E-state index contributed by atoms with van der Waals surface area (Å²) in [6, 6.07) is 6.93. The molecule has 10 heteroatoms. The Morgan fingerprint density at radius 1 is 1.29 bits per heavy atom. The number of carboxylic acid groups (broad SMARTS) is 1. The fraction of sp³-hybridized carbons (Fsp3) is 0.429. The number of nitrogens with zero attached hydrogens (tertiary/aromatic N) is 4. The predicted octanol–water partition coefficient (Wildman–Crippen LogP) is -0.718. The minimum atomic E-state index is -1.05. The first-order valence-electron chi connectivity index (χ1n) is 9.93. The first-order valence-corrected chi connectivity index (χ1v) is 10.5. The molecule has 0 spiro atoms. The molecule has 1 N–H and O–H groups in total. The zero-order chi connectivity index (χ0) is 22.5. The Morgan fingerprint density at radius 2 is 2.00 bits per heavy atom. The fourth-order valence-corrected chi connectivity index (χ4v) is 4.22. The van der Waals surface area contributed by atoms with Gasteiger partial charge in [-0.25, -0.2) is 0 Å². The summed E-state index contributed by atoms with van der Waals surface area (Å²) in [6.45, 7) is 0.455. The van der Waals surface area contributed by atoms with Crippen LogP contribution in [-0.4, -0.2) is 87.5 Å². The largest absolute Gasteiger partial charge is 0.481 e. The minimum Gasteiger partial charge on any atom is -0.481 e. The van der Waals surface area contributed by atoms with Gasteiger partial charge < -0.3 is 14.9 Å². The highest BCUT2D eigenvalue weighted by molar-refractivity contribution is 7.27. The Labute approximate surface area is 183 Å². The van der Waals surface area contributed by atoms with E-state index in [1.54, 1.807) is 4.90 Å². The number of piperazine rings is 1. The third kappa shape index (κ3) is 5.04. The quantitative estimate of drug-likeness (QED) is 0.323. The van der Waals surface area contributed by atoms with E-state index in [9.17, 15) is 19.2 Å². The van der Waals surface area contributed by atoms with Gasteiger partial charge in [-0.3, -0.25) is 24.2 Å². The summed E-state index contributed by atoms with van der Waals surface area (Å²) in [5.41, 5.74) is 1.05. The molecule has 1 aromatic rings. The van der Waals surface area contributed by atoms with Gasteiger partial charge in [-0.05, 0) is 23.7 Å². The average Bonchev–Trinajstić information content (AvgIpc) is 2.73. The van der Waals surface area contributed by atoms with Crippen LogP contribution < -0.4 is 5.30 Å². The maximum atomic E-state index is 13.2. The van der Waals surface area contributed by atoms with Crippen LogP contribution in [0.2, 0.25) is 0 Å². The second-order valence-electron chi connectivity index (χ2n) is 7.52. The van der Waals surface area contributed by atoms with Gasteiger partial charge in [0.05, 0.1) is 19.6 Å². The molecule has 2 fully saturated rings. The number of fused-ring (bicyclic) bond motifs is 1. The van der Waals surface area contributed by atoms with Crippen molar-refractivity contribution < 1.29 is 24.3 Å². The van der Waals surface area contributed by atoms with E-state index in [1.807, 2.05) is 24.3 Å². The molecule has 2 heterocycles. The van der Waals surface area contributed by atoms with E-state index in [2.05, 4.69) is 15.2 Å². The maximum Gasteiger partial charge on any atom is 0.303 e. The van der Waals surface area contributed by atoms with E-state index in [0.717, 1.165) is 10.9 Å². The molecule has 3 amide bonds. The SMILES string of the molecule is C#CCN1CC(=O)N2C(CCC(=O)O)C(=O)N(CCc3ccc(P)cc3)C[C@@H]2N1C=O. The molecule has 0 aliphatic carbocycles. The summed E-state index contributed by atoms with van der Waals surface area (Å²) in [5.74, 6) is 0.733. The van der Waals surface area contributed by atoms with E-state index < -0.39 is 18.2 Å². The van der Waals surface area contributed by atoms with E-state index in [0.29, 0.717) is 19.4 Å². The molecule has 164 valence electrons. The molecule has 2 aliphatic rings. The van der Waals surface area contributed by atoms with Crippen LogP contribution in [0.15, 0.2) is 24.3 Å². The molecule has 1 aromatic carbocycles. The van der Waals surface area contributed by atoms with Crippen molar-refractivity contribution in [3.05, 3.63) is 29.8 Å². The van der Waals surface area contributed by atoms with Gasteiger partial charge in [-0.15, -0.1) is 15.7 Å². The molecule has 0 saturated carbocycles. The van der Waals surface area contributed by atoms with Crippen molar-refractivity contribution in [2.75, 3.05) is 26.2 Å². The first-order chi connectivity index (χ1) is 14.8. The number of terminal acetylenes is 1. The van der Waals surface area contributed by atoms with Crippen molar-refractivity contribution in [3.63, 3.8) is 0 Å². The molecule has 31 heavy (non-hydrogen) atoms. The molecule has 0 radical (unpaired) electrons. The molecule has 0 aromatic heterocycles. The number of rotatable bonds is 8. The Balaban J connectivity index is 1.85. The number of amides is 3. The zero-order valence-electron chi connectivity index (χ0n) is 17.0. The second kappa shape index (κ2) is 9.90. The van der Waals surface area contributed by atoms with E-state index in [-0.39, 0.29) is 44.3 Å². The minimum absolute atomic E-state index is 0.0174. The molecule has 3 atom stereocenters. The summed E-state index contributed by atoms with van der Waals surface area (Å²) in [4.78, 5) is 52.0. The Hall–Kier alpha value is -2.95. The third-order valence-corrected chi connectivity index (χ3v) is 5.92. The Kier molecular flexibility index (Phi) is 7.26. The molecule has 2 saturated heterocycles. The normalized spacial score (nSPS) is 21.6. The number of carboxylic acids is 1. The summed E-state index contributed by atoms with van der Waals surface area (Å²) >= 11 is 0. The maximum absolute atomic E-state index is 13.2. The summed E-state index contributed by atoms with van der Waals surface area (Å²) in [6.07, 6.45) is 5.57. The number of hydrogen-bond donors (Lipinski definition) is 1. The van der Waals surface area contributed by atoms with Crippen LogP contribution in [0.4, 0.5) is 0 Å². The van der Waals surface area contributed by atoms with Crippen molar-refractivity contribution in [3.8, 4) is 12.3 Å². The topological polar surface area (TPSA) is 101 Å². The molecular weight excluding hydrogens is 419 g/mol. The van der Waals surface area contributed by atoms with Gasteiger partial charge in [0.25, 0.3) is 0 Å².